The summed E-state index contributed by atoms with van der Waals surface area (Å²) in [4.78, 5) is 9.61. The van der Waals surface area contributed by atoms with Gasteiger partial charge in [-0.15, -0.1) is 4.91 Å². The van der Waals surface area contributed by atoms with E-state index in [1.165, 1.54) is 0 Å². The summed E-state index contributed by atoms with van der Waals surface area (Å²) in [6.45, 7) is 0. The molecule has 0 aliphatic heterocycles. The van der Waals surface area contributed by atoms with E-state index in [4.69, 9.17) is 0 Å². The van der Waals surface area contributed by atoms with Gasteiger partial charge in [-0.2, -0.15) is 0 Å². The highest BCUT2D eigenvalue weighted by atomic mass is 16.3. The summed E-state index contributed by atoms with van der Waals surface area (Å²) in [6, 6.07) is 21.1. The van der Waals surface area contributed by atoms with Crippen molar-refractivity contribution in [3.8, 4) is 0 Å². The summed E-state index contributed by atoms with van der Waals surface area (Å²) >= 11 is 0. The van der Waals surface area contributed by atoms with Crippen LogP contribution in [0.15, 0.2) is 72.0 Å². The molecule has 0 saturated heterocycles. The fourth-order valence-corrected chi connectivity index (χ4v) is 0.950. The van der Waals surface area contributed by atoms with Crippen LogP contribution in [0.5, 0.6) is 0 Å². The molecule has 2 aromatic carbocycles. The third kappa shape index (κ3) is 5.21. The molecule has 76 valence electrons. The average molecular weight is 200 g/mol. The van der Waals surface area contributed by atoms with E-state index in [0.29, 0.717) is 5.69 Å². The van der Waals surface area contributed by atoms with Crippen LogP contribution in [0.25, 0.3) is 0 Å². The minimum absolute atomic E-state index is 0.715. The number of para-hydroxylation sites is 1. The number of hydrogen-bond donors (Lipinski definition) is 1. The molecular formula is C12H12N2O. The zero-order valence-electron chi connectivity index (χ0n) is 8.21. The molecule has 0 saturated carbocycles. The number of nitrogens with one attached hydrogen (secondary N) is 1. The molecule has 3 heteroatoms. The lowest BCUT2D eigenvalue weighted by molar-refractivity contribution is 1.32. The van der Waals surface area contributed by atoms with Crippen LogP contribution in [-0.2, 0) is 0 Å². The van der Waals surface area contributed by atoms with Gasteiger partial charge >= 0.3 is 0 Å². The zero-order valence-corrected chi connectivity index (χ0v) is 8.21. The van der Waals surface area contributed by atoms with Crippen molar-refractivity contribution >= 4 is 5.69 Å². The molecule has 2 aromatic rings. The second-order valence-corrected chi connectivity index (χ2v) is 2.72. The van der Waals surface area contributed by atoms with Crippen LogP contribution in [0.4, 0.5) is 5.69 Å². The Morgan fingerprint density at radius 1 is 0.733 bits per heavy atom. The second kappa shape index (κ2) is 7.26. The molecule has 1 N–H and O–H groups in total. The van der Waals surface area contributed by atoms with E-state index in [9.17, 15) is 4.91 Å². The second-order valence-electron chi connectivity index (χ2n) is 2.72. The molecule has 0 heterocycles. The van der Waals surface area contributed by atoms with Gasteiger partial charge in [0.2, 0.25) is 0 Å². The van der Waals surface area contributed by atoms with E-state index < -0.39 is 0 Å². The number of anilines is 1. The molecule has 0 radical (unpaired) electrons. The molecule has 0 aliphatic rings. The van der Waals surface area contributed by atoms with E-state index in [-0.39, 0.29) is 0 Å². The van der Waals surface area contributed by atoms with Gasteiger partial charge in [-0.05, 0) is 12.1 Å². The summed E-state index contributed by atoms with van der Waals surface area (Å²) in [7, 11) is 0. The normalized spacial score (nSPS) is 8.27. The predicted octanol–water partition coefficient (Wildman–Crippen LogP) is 3.47. The van der Waals surface area contributed by atoms with E-state index in [1.807, 2.05) is 54.6 Å². The molecule has 0 spiro atoms. The maximum Gasteiger partial charge on any atom is 0.0594 e. The molecule has 0 aliphatic carbocycles. The van der Waals surface area contributed by atoms with Gasteiger partial charge in [0.15, 0.2) is 0 Å². The molecule has 0 unspecified atom stereocenters. The summed E-state index contributed by atoms with van der Waals surface area (Å²) in [5.41, 5.74) is 2.99. The maximum atomic E-state index is 9.61. The van der Waals surface area contributed by atoms with Crippen LogP contribution in [0, 0.1) is 4.91 Å². The van der Waals surface area contributed by atoms with Gasteiger partial charge in [-0.25, -0.2) is 5.43 Å². The first kappa shape index (κ1) is 10.9. The van der Waals surface area contributed by atoms with E-state index >= 15 is 0 Å². The number of nitrogens with zero attached hydrogens (tertiary/aromatic N) is 1. The van der Waals surface area contributed by atoms with Gasteiger partial charge < -0.3 is 0 Å². The van der Waals surface area contributed by atoms with Gasteiger partial charge in [0.05, 0.1) is 11.0 Å². The Bertz CT molecular complexity index is 335. The predicted molar refractivity (Wildman–Crippen MR) is 62.3 cm³/mol. The van der Waals surface area contributed by atoms with Crippen molar-refractivity contribution in [3.05, 3.63) is 71.6 Å². The lowest BCUT2D eigenvalue weighted by Gasteiger charge is -1.91. The molecule has 3 nitrogen and oxygen atoms in total. The summed E-state index contributed by atoms with van der Waals surface area (Å²) < 4.78 is 0. The van der Waals surface area contributed by atoms with Gasteiger partial charge in [0.25, 0.3) is 0 Å². The van der Waals surface area contributed by atoms with Crippen molar-refractivity contribution in [2.24, 2.45) is 5.29 Å². The molecule has 0 bridgehead atoms. The van der Waals surface area contributed by atoms with Crippen molar-refractivity contribution in [1.29, 1.82) is 0 Å². The van der Waals surface area contributed by atoms with Gasteiger partial charge in [0, 0.05) is 0 Å². The van der Waals surface area contributed by atoms with Crippen LogP contribution in [0.3, 0.4) is 0 Å². The Labute approximate surface area is 88.7 Å². The Hall–Kier alpha value is -2.16. The van der Waals surface area contributed by atoms with E-state index in [0.717, 1.165) is 0 Å². The van der Waals surface area contributed by atoms with Gasteiger partial charge in [0.1, 0.15) is 0 Å². The van der Waals surface area contributed by atoms with Crippen LogP contribution in [0.2, 0.25) is 0 Å². The van der Waals surface area contributed by atoms with Crippen molar-refractivity contribution in [1.82, 2.24) is 0 Å². The largest absolute Gasteiger partial charge is 0.242 e. The zero-order chi connectivity index (χ0) is 10.8. The lowest BCUT2D eigenvalue weighted by atomic mass is 10.3. The Kier molecular flexibility index (Phi) is 5.29. The Morgan fingerprint density at radius 3 is 1.53 bits per heavy atom. The molecule has 15 heavy (non-hydrogen) atoms. The average Bonchev–Trinajstić information content (AvgIpc) is 2.34. The topological polar surface area (TPSA) is 41.5 Å². The first-order chi connectivity index (χ1) is 7.43. The minimum Gasteiger partial charge on any atom is -0.242 e. The number of hydrogen-bond acceptors (Lipinski definition) is 2. The van der Waals surface area contributed by atoms with Crippen LogP contribution in [0.1, 0.15) is 0 Å². The third-order valence-electron chi connectivity index (χ3n) is 1.62. The van der Waals surface area contributed by atoms with Crippen LogP contribution >= 0.6 is 0 Å². The highest BCUT2D eigenvalue weighted by Crippen LogP contribution is 2.03. The molecule has 0 aromatic heterocycles. The van der Waals surface area contributed by atoms with E-state index in [1.54, 1.807) is 12.1 Å². The SMILES string of the molecule is O=NNc1ccccc1.c1ccccc1. The molecule has 0 atom stereocenters. The molecule has 0 amide bonds. The van der Waals surface area contributed by atoms with Crippen molar-refractivity contribution in [2.75, 3.05) is 5.43 Å². The lowest BCUT2D eigenvalue weighted by Crippen LogP contribution is -1.82. The number of nitroso groups, excluding NO2 is 1. The molecule has 0 fully saturated rings. The van der Waals surface area contributed by atoms with Crippen LogP contribution < -0.4 is 5.43 Å². The standard InChI is InChI=1S/C6H6N2O.C6H6/c9-8-7-6-4-2-1-3-5-6;1-2-4-6-5-3-1/h1-5H,(H,7,9);1-6H. The van der Waals surface area contributed by atoms with Crippen molar-refractivity contribution in [3.63, 3.8) is 0 Å². The summed E-state index contributed by atoms with van der Waals surface area (Å²) in [5.74, 6) is 0. The smallest absolute Gasteiger partial charge is 0.0594 e. The van der Waals surface area contributed by atoms with Crippen molar-refractivity contribution < 1.29 is 0 Å². The van der Waals surface area contributed by atoms with Gasteiger partial charge in [-0.3, -0.25) is 0 Å². The number of benzene rings is 2. The van der Waals surface area contributed by atoms with Crippen molar-refractivity contribution in [2.45, 2.75) is 0 Å². The minimum atomic E-state index is 0.715. The monoisotopic (exact) mass is 200 g/mol. The fourth-order valence-electron chi connectivity index (χ4n) is 0.950. The Balaban J connectivity index is 0.000000162. The molecular weight excluding hydrogens is 188 g/mol. The molecule has 2 rings (SSSR count). The third-order valence-corrected chi connectivity index (χ3v) is 1.62. The first-order valence-corrected chi connectivity index (χ1v) is 4.57. The summed E-state index contributed by atoms with van der Waals surface area (Å²) in [5, 5.41) is 2.51. The van der Waals surface area contributed by atoms with E-state index in [2.05, 4.69) is 10.7 Å². The van der Waals surface area contributed by atoms with Crippen LogP contribution in [-0.4, -0.2) is 0 Å². The fraction of sp³-hybridized carbons (Fsp3) is 0. The first-order valence-electron chi connectivity index (χ1n) is 4.57. The summed E-state index contributed by atoms with van der Waals surface area (Å²) in [6.07, 6.45) is 0. The highest BCUT2D eigenvalue weighted by molar-refractivity contribution is 5.41. The number of rotatable bonds is 2. The quantitative estimate of drug-likeness (QED) is 0.595. The Morgan fingerprint density at radius 2 is 1.13 bits per heavy atom. The highest BCUT2D eigenvalue weighted by Gasteiger charge is 1.82. The maximum absolute atomic E-state index is 9.61. The van der Waals surface area contributed by atoms with Gasteiger partial charge in [-0.1, -0.05) is 54.6 Å².